The molecule has 1 aromatic carbocycles. The average Bonchev–Trinajstić information content (AvgIpc) is 2.72. The molecule has 0 aliphatic rings. The van der Waals surface area contributed by atoms with Gasteiger partial charge in [0.2, 0.25) is 0 Å². The first-order chi connectivity index (χ1) is 13.6. The molecule has 2 rings (SSSR count). The highest BCUT2D eigenvalue weighted by Crippen LogP contribution is 2.00. The number of pyridine rings is 1. The van der Waals surface area contributed by atoms with Crippen molar-refractivity contribution in [3.63, 3.8) is 0 Å². The van der Waals surface area contributed by atoms with Crippen LogP contribution in [-0.2, 0) is 9.63 Å². The molecule has 2 N–H and O–H groups in total. The summed E-state index contributed by atoms with van der Waals surface area (Å²) in [6.07, 6.45) is 4.57. The van der Waals surface area contributed by atoms with E-state index in [-0.39, 0.29) is 24.9 Å². The quantitative estimate of drug-likeness (QED) is 0.330. The summed E-state index contributed by atoms with van der Waals surface area (Å²) >= 11 is 0. The number of carbonyl (C=O) groups is 2. The first-order valence-electron chi connectivity index (χ1n) is 8.88. The number of hydrogen-bond donors (Lipinski definition) is 2. The molecule has 0 fully saturated rings. The van der Waals surface area contributed by atoms with Crippen LogP contribution in [0.4, 0.5) is 0 Å². The zero-order chi connectivity index (χ0) is 20.2. The first-order valence-corrected chi connectivity index (χ1v) is 8.88. The number of oxime groups is 1. The van der Waals surface area contributed by atoms with E-state index in [0.717, 1.165) is 11.1 Å². The van der Waals surface area contributed by atoms with Crippen molar-refractivity contribution < 1.29 is 14.4 Å². The van der Waals surface area contributed by atoms with Crippen LogP contribution >= 0.6 is 0 Å². The van der Waals surface area contributed by atoms with Crippen molar-refractivity contribution in [1.29, 1.82) is 0 Å². The average molecular weight is 381 g/mol. The molecule has 0 aliphatic carbocycles. The van der Waals surface area contributed by atoms with Crippen LogP contribution in [0, 0.1) is 6.92 Å². The van der Waals surface area contributed by atoms with E-state index in [4.69, 9.17) is 4.84 Å². The molecular formula is C20H23N5O3. The number of aliphatic imine (C=N–C) groups is 1. The predicted octanol–water partition coefficient (Wildman–Crippen LogP) is 1.71. The van der Waals surface area contributed by atoms with Gasteiger partial charge in [0, 0.05) is 32.0 Å². The van der Waals surface area contributed by atoms with Gasteiger partial charge in [0.05, 0.1) is 11.8 Å². The molecule has 0 unspecified atom stereocenters. The second-order valence-corrected chi connectivity index (χ2v) is 5.77. The van der Waals surface area contributed by atoms with Crippen LogP contribution in [0.2, 0.25) is 0 Å². The molecule has 8 nitrogen and oxygen atoms in total. The maximum Gasteiger partial charge on any atom is 0.309 e. The van der Waals surface area contributed by atoms with Gasteiger partial charge in [-0.25, -0.2) is 4.99 Å². The van der Waals surface area contributed by atoms with E-state index >= 15 is 0 Å². The molecule has 0 atom stereocenters. The van der Waals surface area contributed by atoms with Crippen LogP contribution in [0.5, 0.6) is 0 Å². The molecule has 0 aliphatic heterocycles. The Morgan fingerprint density at radius 1 is 1.14 bits per heavy atom. The number of nitrogens with zero attached hydrogens (tertiary/aromatic N) is 3. The van der Waals surface area contributed by atoms with Gasteiger partial charge in [-0.15, -0.1) is 0 Å². The summed E-state index contributed by atoms with van der Waals surface area (Å²) in [5.41, 5.74) is 2.44. The Bertz CT molecular complexity index is 833. The van der Waals surface area contributed by atoms with Gasteiger partial charge in [0.15, 0.2) is 0 Å². The normalized spacial score (nSPS) is 11.3. The van der Waals surface area contributed by atoms with Crippen molar-refractivity contribution in [2.45, 2.75) is 13.8 Å². The second-order valence-electron chi connectivity index (χ2n) is 5.77. The summed E-state index contributed by atoms with van der Waals surface area (Å²) in [5.74, 6) is -0.897. The van der Waals surface area contributed by atoms with Crippen LogP contribution in [0.1, 0.15) is 28.4 Å². The van der Waals surface area contributed by atoms with Crippen molar-refractivity contribution in [3.8, 4) is 0 Å². The van der Waals surface area contributed by atoms with Gasteiger partial charge in [-0.2, -0.15) is 0 Å². The summed E-state index contributed by atoms with van der Waals surface area (Å²) in [4.78, 5) is 37.1. The molecule has 2 amide bonds. The fraction of sp³-hybridized carbons (Fsp3) is 0.250. The third kappa shape index (κ3) is 6.99. The second kappa shape index (κ2) is 11.2. The summed E-state index contributed by atoms with van der Waals surface area (Å²) < 4.78 is 0. The Morgan fingerprint density at radius 2 is 1.89 bits per heavy atom. The highest BCUT2D eigenvalue weighted by molar-refractivity contribution is 6.35. The minimum Gasteiger partial charge on any atom is -0.350 e. The van der Waals surface area contributed by atoms with Gasteiger partial charge in [0.1, 0.15) is 0 Å². The zero-order valence-electron chi connectivity index (χ0n) is 15.9. The predicted molar refractivity (Wildman–Crippen MR) is 107 cm³/mol. The van der Waals surface area contributed by atoms with E-state index in [9.17, 15) is 9.59 Å². The molecule has 28 heavy (non-hydrogen) atoms. The Hall–Kier alpha value is -3.55. The third-order valence-electron chi connectivity index (χ3n) is 3.53. The first kappa shape index (κ1) is 20.8. The fourth-order valence-corrected chi connectivity index (χ4v) is 2.10. The van der Waals surface area contributed by atoms with E-state index in [1.54, 1.807) is 25.3 Å². The number of aromatic nitrogens is 1. The van der Waals surface area contributed by atoms with E-state index < -0.39 is 5.91 Å². The Balaban J connectivity index is 1.78. The van der Waals surface area contributed by atoms with E-state index in [1.165, 1.54) is 12.4 Å². The van der Waals surface area contributed by atoms with Gasteiger partial charge >= 0.3 is 11.8 Å². The fourth-order valence-electron chi connectivity index (χ4n) is 2.10. The van der Waals surface area contributed by atoms with Crippen molar-refractivity contribution >= 4 is 23.9 Å². The summed E-state index contributed by atoms with van der Waals surface area (Å²) in [7, 11) is 0. The summed E-state index contributed by atoms with van der Waals surface area (Å²) in [6, 6.07) is 11.0. The Labute approximate surface area is 163 Å². The maximum atomic E-state index is 12.2. The van der Waals surface area contributed by atoms with Crippen molar-refractivity contribution in [2.75, 3.05) is 19.6 Å². The Kier molecular flexibility index (Phi) is 8.32. The Morgan fingerprint density at radius 3 is 2.57 bits per heavy atom. The molecule has 0 spiro atoms. The number of rotatable bonds is 7. The molecule has 0 radical (unpaired) electrons. The largest absolute Gasteiger partial charge is 0.350 e. The lowest BCUT2D eigenvalue weighted by Gasteiger charge is -2.07. The summed E-state index contributed by atoms with van der Waals surface area (Å²) in [5, 5.41) is 9.14. The molecule has 8 heteroatoms. The van der Waals surface area contributed by atoms with Gasteiger partial charge in [-0.05, 0) is 31.5 Å². The monoisotopic (exact) mass is 381 g/mol. The van der Waals surface area contributed by atoms with Gasteiger partial charge in [-0.1, -0.05) is 35.0 Å². The van der Waals surface area contributed by atoms with Gasteiger partial charge in [0.25, 0.3) is 5.91 Å². The van der Waals surface area contributed by atoms with E-state index in [1.807, 2.05) is 31.2 Å². The minimum absolute atomic E-state index is 0.135. The molecule has 0 saturated carbocycles. The highest BCUT2D eigenvalue weighted by Gasteiger charge is 2.13. The van der Waals surface area contributed by atoms with Crippen LogP contribution in [-0.4, -0.2) is 48.5 Å². The number of nitrogens with one attached hydrogen (secondary N) is 2. The maximum absolute atomic E-state index is 12.2. The SMILES string of the molecule is CC/N=C(\O/N=C/c1ccc(C)cc1)C(=O)NCCNC(=O)c1cccnc1. The lowest BCUT2D eigenvalue weighted by molar-refractivity contribution is -0.116. The van der Waals surface area contributed by atoms with Gasteiger partial charge < -0.3 is 15.5 Å². The van der Waals surface area contributed by atoms with Crippen molar-refractivity contribution in [3.05, 3.63) is 65.5 Å². The lowest BCUT2D eigenvalue weighted by atomic mass is 10.2. The molecule has 2 aromatic rings. The lowest BCUT2D eigenvalue weighted by Crippen LogP contribution is -2.38. The van der Waals surface area contributed by atoms with Gasteiger partial charge in [-0.3, -0.25) is 14.6 Å². The number of aryl methyl sites for hydroxylation is 1. The van der Waals surface area contributed by atoms with Crippen molar-refractivity contribution in [1.82, 2.24) is 15.6 Å². The number of hydrogen-bond acceptors (Lipinski definition) is 6. The third-order valence-corrected chi connectivity index (χ3v) is 3.53. The van der Waals surface area contributed by atoms with Crippen LogP contribution in [0.25, 0.3) is 0 Å². The van der Waals surface area contributed by atoms with Crippen molar-refractivity contribution in [2.24, 2.45) is 10.1 Å². The van der Waals surface area contributed by atoms with E-state index in [0.29, 0.717) is 12.1 Å². The number of amides is 2. The smallest absolute Gasteiger partial charge is 0.309 e. The van der Waals surface area contributed by atoms with Crippen LogP contribution in [0.15, 0.2) is 58.9 Å². The molecule has 0 bridgehead atoms. The van der Waals surface area contributed by atoms with Crippen LogP contribution in [0.3, 0.4) is 0 Å². The molecule has 1 heterocycles. The molecular weight excluding hydrogens is 358 g/mol. The highest BCUT2D eigenvalue weighted by atomic mass is 16.6. The van der Waals surface area contributed by atoms with E-state index in [2.05, 4.69) is 25.8 Å². The standard InChI is InChI=1S/C20H23N5O3/c1-3-22-20(28-25-13-16-8-6-15(2)7-9-16)19(27)24-12-11-23-18(26)17-5-4-10-21-14-17/h4-10,13-14H,3,11-12H2,1-2H3,(H,23,26)(H,24,27)/b22-20-,25-13+. The minimum atomic E-state index is -0.501. The summed E-state index contributed by atoms with van der Waals surface area (Å²) in [6.45, 7) is 4.63. The zero-order valence-corrected chi connectivity index (χ0v) is 15.9. The molecule has 1 aromatic heterocycles. The topological polar surface area (TPSA) is 105 Å². The number of benzene rings is 1. The molecule has 0 saturated heterocycles. The van der Waals surface area contributed by atoms with Crippen LogP contribution < -0.4 is 10.6 Å². The molecule has 146 valence electrons. The number of carbonyl (C=O) groups excluding carboxylic acids is 2.